The highest BCUT2D eigenvalue weighted by Crippen LogP contribution is 2.31. The molecule has 0 unspecified atom stereocenters. The molecule has 0 N–H and O–H groups in total. The summed E-state index contributed by atoms with van der Waals surface area (Å²) in [5.41, 5.74) is 0.482. The number of benzene rings is 1. The van der Waals surface area contributed by atoms with E-state index in [1.54, 1.807) is 0 Å². The second-order valence-electron chi connectivity index (χ2n) is 6.60. The molecule has 132 valence electrons. The number of nitro groups is 1. The highest BCUT2D eigenvalue weighted by atomic mass is 16.6. The van der Waals surface area contributed by atoms with Crippen LogP contribution in [-0.4, -0.2) is 38.6 Å². The van der Waals surface area contributed by atoms with Crippen molar-refractivity contribution in [1.82, 2.24) is 9.80 Å². The molecular weight excluding hydrogens is 326 g/mol. The van der Waals surface area contributed by atoms with E-state index in [1.807, 2.05) is 6.92 Å². The summed E-state index contributed by atoms with van der Waals surface area (Å²) < 4.78 is 0. The highest BCUT2D eigenvalue weighted by molar-refractivity contribution is 6.44. The van der Waals surface area contributed by atoms with Crippen LogP contribution in [-0.2, 0) is 16.1 Å². The van der Waals surface area contributed by atoms with Gasteiger partial charge < -0.3 is 0 Å². The van der Waals surface area contributed by atoms with Gasteiger partial charge in [-0.15, -0.1) is 0 Å². The van der Waals surface area contributed by atoms with E-state index in [0.29, 0.717) is 5.56 Å². The van der Waals surface area contributed by atoms with Gasteiger partial charge in [-0.05, 0) is 24.3 Å². The number of nitro benzene ring substituents is 1. The van der Waals surface area contributed by atoms with Crippen LogP contribution in [0.25, 0.3) is 0 Å². The number of nitrogens with zero attached hydrogens (tertiary/aromatic N) is 3. The van der Waals surface area contributed by atoms with Gasteiger partial charge >= 0.3 is 17.8 Å². The molecule has 2 aliphatic rings. The van der Waals surface area contributed by atoms with E-state index in [2.05, 4.69) is 0 Å². The number of amides is 4. The van der Waals surface area contributed by atoms with Crippen LogP contribution in [0.1, 0.15) is 38.2 Å². The lowest BCUT2D eigenvalue weighted by Gasteiger charge is -2.34. The van der Waals surface area contributed by atoms with Gasteiger partial charge in [-0.1, -0.05) is 31.9 Å². The molecule has 0 spiro atoms. The number of non-ortho nitro benzene ring substituents is 1. The number of hydrogen-bond donors (Lipinski definition) is 0. The maximum absolute atomic E-state index is 12.7. The van der Waals surface area contributed by atoms with Crippen molar-refractivity contribution in [1.29, 1.82) is 0 Å². The molecule has 0 radical (unpaired) electrons. The van der Waals surface area contributed by atoms with Gasteiger partial charge in [0.1, 0.15) is 0 Å². The second-order valence-corrected chi connectivity index (χ2v) is 6.60. The number of rotatable bonds is 4. The zero-order chi connectivity index (χ0) is 18.1. The first-order chi connectivity index (χ1) is 11.9. The molecular formula is C17H19N3O5. The van der Waals surface area contributed by atoms with Gasteiger partial charge in [-0.25, -0.2) is 4.79 Å². The zero-order valence-corrected chi connectivity index (χ0v) is 13.9. The highest BCUT2D eigenvalue weighted by Gasteiger charge is 2.48. The molecule has 1 saturated carbocycles. The van der Waals surface area contributed by atoms with Crippen LogP contribution in [0, 0.1) is 16.0 Å². The largest absolute Gasteiger partial charge is 0.334 e. The van der Waals surface area contributed by atoms with Crippen molar-refractivity contribution in [3.63, 3.8) is 0 Å². The number of hydrogen-bond acceptors (Lipinski definition) is 5. The maximum Gasteiger partial charge on any atom is 0.334 e. The predicted molar refractivity (Wildman–Crippen MR) is 87.3 cm³/mol. The second kappa shape index (κ2) is 6.62. The first kappa shape index (κ1) is 17.1. The molecule has 1 heterocycles. The Morgan fingerprint density at radius 2 is 1.72 bits per heavy atom. The van der Waals surface area contributed by atoms with E-state index in [4.69, 9.17) is 0 Å². The van der Waals surface area contributed by atoms with Gasteiger partial charge in [0.15, 0.2) is 0 Å². The Morgan fingerprint density at radius 3 is 2.32 bits per heavy atom. The number of imide groups is 2. The van der Waals surface area contributed by atoms with Gasteiger partial charge in [-0.3, -0.25) is 29.5 Å². The zero-order valence-electron chi connectivity index (χ0n) is 13.9. The van der Waals surface area contributed by atoms with Crippen LogP contribution in [0.4, 0.5) is 10.5 Å². The lowest BCUT2D eigenvalue weighted by atomic mass is 9.85. The smallest absolute Gasteiger partial charge is 0.263 e. The summed E-state index contributed by atoms with van der Waals surface area (Å²) in [6.07, 6.45) is 3.65. The molecule has 1 aromatic carbocycles. The lowest BCUT2D eigenvalue weighted by molar-refractivity contribution is -0.384. The summed E-state index contributed by atoms with van der Waals surface area (Å²) in [5, 5.41) is 10.7. The quantitative estimate of drug-likeness (QED) is 0.361. The Labute approximate surface area is 144 Å². The molecule has 1 aromatic rings. The van der Waals surface area contributed by atoms with Crippen molar-refractivity contribution < 1.29 is 19.3 Å². The van der Waals surface area contributed by atoms with Crippen molar-refractivity contribution in [3.8, 4) is 0 Å². The Hall–Kier alpha value is -2.77. The first-order valence-electron chi connectivity index (χ1n) is 8.32. The van der Waals surface area contributed by atoms with Gasteiger partial charge in [0.25, 0.3) is 5.69 Å². The summed E-state index contributed by atoms with van der Waals surface area (Å²) in [7, 11) is 0. The molecule has 2 fully saturated rings. The van der Waals surface area contributed by atoms with Crippen molar-refractivity contribution in [2.75, 3.05) is 0 Å². The van der Waals surface area contributed by atoms with Crippen LogP contribution in [0.3, 0.4) is 0 Å². The summed E-state index contributed by atoms with van der Waals surface area (Å²) in [4.78, 5) is 49.4. The Kier molecular flexibility index (Phi) is 4.52. The Balaban J connectivity index is 1.78. The summed E-state index contributed by atoms with van der Waals surface area (Å²) in [5.74, 6) is -1.43. The molecule has 0 aromatic heterocycles. The topological polar surface area (TPSA) is 101 Å². The van der Waals surface area contributed by atoms with Gasteiger partial charge in [0, 0.05) is 18.2 Å². The van der Waals surface area contributed by atoms with E-state index in [0.717, 1.165) is 35.5 Å². The van der Waals surface area contributed by atoms with Crippen molar-refractivity contribution in [2.24, 2.45) is 5.92 Å². The van der Waals surface area contributed by atoms with Crippen molar-refractivity contribution in [2.45, 2.75) is 45.2 Å². The average Bonchev–Trinajstić information content (AvgIpc) is 2.80. The molecule has 0 bridgehead atoms. The van der Waals surface area contributed by atoms with Crippen LogP contribution in [0.15, 0.2) is 24.3 Å². The van der Waals surface area contributed by atoms with Crippen molar-refractivity contribution >= 4 is 23.5 Å². The third kappa shape index (κ3) is 3.11. The van der Waals surface area contributed by atoms with E-state index in [9.17, 15) is 24.5 Å². The minimum Gasteiger partial charge on any atom is -0.263 e. The normalized spacial score (nSPS) is 24.1. The van der Waals surface area contributed by atoms with E-state index >= 15 is 0 Å². The van der Waals surface area contributed by atoms with E-state index < -0.39 is 22.8 Å². The van der Waals surface area contributed by atoms with E-state index in [1.165, 1.54) is 24.3 Å². The number of carbonyl (C=O) groups is 3. The molecule has 4 amide bonds. The minimum atomic E-state index is -0.832. The van der Waals surface area contributed by atoms with Crippen LogP contribution >= 0.6 is 0 Å². The summed E-state index contributed by atoms with van der Waals surface area (Å²) in [6.45, 7) is 1.92. The van der Waals surface area contributed by atoms with Crippen LogP contribution < -0.4 is 0 Å². The van der Waals surface area contributed by atoms with Gasteiger partial charge in [-0.2, -0.15) is 0 Å². The van der Waals surface area contributed by atoms with Crippen molar-refractivity contribution in [3.05, 3.63) is 39.9 Å². The molecule has 1 aliphatic carbocycles. The number of carbonyl (C=O) groups excluding carboxylic acids is 3. The number of urea groups is 1. The molecule has 25 heavy (non-hydrogen) atoms. The first-order valence-corrected chi connectivity index (χ1v) is 8.32. The fourth-order valence-corrected chi connectivity index (χ4v) is 3.54. The molecule has 1 saturated heterocycles. The third-order valence-corrected chi connectivity index (χ3v) is 4.97. The predicted octanol–water partition coefficient (Wildman–Crippen LogP) is 2.46. The monoisotopic (exact) mass is 345 g/mol. The Bertz CT molecular complexity index is 730. The summed E-state index contributed by atoms with van der Waals surface area (Å²) in [6, 6.07) is 4.75. The van der Waals surface area contributed by atoms with Gasteiger partial charge in [0.05, 0.1) is 11.5 Å². The lowest BCUT2D eigenvalue weighted by Crippen LogP contribution is -2.46. The standard InChI is InChI=1S/C17H19N3O5/c1-11-4-2-3-5-14(11)19-16(22)15(21)18(17(19)23)10-12-6-8-13(9-7-12)20(24)25/h6-9,11,14H,2-5,10H2,1H3/t11-,14+/m1/s1. The van der Waals surface area contributed by atoms with Crippen LogP contribution in [0.2, 0.25) is 0 Å². The fraction of sp³-hybridized carbons (Fsp3) is 0.471. The summed E-state index contributed by atoms with van der Waals surface area (Å²) >= 11 is 0. The maximum atomic E-state index is 12.7. The SMILES string of the molecule is C[C@@H]1CCCC[C@@H]1N1C(=O)C(=O)N(Cc2ccc([N+](=O)[O-])cc2)C1=O. The fourth-order valence-electron chi connectivity index (χ4n) is 3.54. The average molecular weight is 345 g/mol. The van der Waals surface area contributed by atoms with Crippen LogP contribution in [0.5, 0.6) is 0 Å². The minimum absolute atomic E-state index is 0.0704. The molecule has 8 nitrogen and oxygen atoms in total. The molecule has 2 atom stereocenters. The Morgan fingerprint density at radius 1 is 1.08 bits per heavy atom. The van der Waals surface area contributed by atoms with Gasteiger partial charge in [0.2, 0.25) is 0 Å². The third-order valence-electron chi connectivity index (χ3n) is 4.97. The molecule has 3 rings (SSSR count). The molecule has 8 heteroatoms. The molecule has 1 aliphatic heterocycles. The van der Waals surface area contributed by atoms with E-state index in [-0.39, 0.29) is 24.2 Å².